The third-order valence-electron chi connectivity index (χ3n) is 2.30. The fourth-order valence-electron chi connectivity index (χ4n) is 1.48. The Morgan fingerprint density at radius 3 is 3.07 bits per heavy atom. The Labute approximate surface area is 87.7 Å². The van der Waals surface area contributed by atoms with Gasteiger partial charge in [-0.05, 0) is 13.0 Å². The van der Waals surface area contributed by atoms with Crippen LogP contribution in [0.3, 0.4) is 0 Å². The zero-order valence-electron chi connectivity index (χ0n) is 8.66. The summed E-state index contributed by atoms with van der Waals surface area (Å²) in [6, 6.07) is 1.92. The van der Waals surface area contributed by atoms with Gasteiger partial charge in [0.2, 0.25) is 0 Å². The fourth-order valence-corrected chi connectivity index (χ4v) is 1.48. The first-order valence-corrected chi connectivity index (χ1v) is 5.03. The number of aromatic nitrogens is 3. The van der Waals surface area contributed by atoms with E-state index in [9.17, 15) is 0 Å². The van der Waals surface area contributed by atoms with Gasteiger partial charge in [-0.15, -0.1) is 0 Å². The van der Waals surface area contributed by atoms with E-state index in [1.807, 2.05) is 13.0 Å². The summed E-state index contributed by atoms with van der Waals surface area (Å²) < 4.78 is 5.14. The number of nitrogens with one attached hydrogen (secondary N) is 1. The Bertz CT molecular complexity index is 432. The molecule has 5 heteroatoms. The van der Waals surface area contributed by atoms with Crippen molar-refractivity contribution >= 4 is 0 Å². The lowest BCUT2D eigenvalue weighted by Gasteiger charge is -1.95. The van der Waals surface area contributed by atoms with Crippen LogP contribution in [0.5, 0.6) is 0 Å². The lowest BCUT2D eigenvalue weighted by Crippen LogP contribution is -2.02. The number of aryl methyl sites for hydroxylation is 1. The molecule has 0 saturated carbocycles. The first-order chi connectivity index (χ1) is 7.35. The molecule has 15 heavy (non-hydrogen) atoms. The maximum atomic E-state index is 5.51. The van der Waals surface area contributed by atoms with Crippen LogP contribution >= 0.6 is 0 Å². The molecule has 2 aromatic heterocycles. The number of hydrogen-bond donors (Lipinski definition) is 2. The molecule has 80 valence electrons. The van der Waals surface area contributed by atoms with E-state index in [4.69, 9.17) is 10.3 Å². The molecule has 0 atom stereocenters. The number of nitrogens with two attached hydrogens (primary N) is 1. The summed E-state index contributed by atoms with van der Waals surface area (Å²) in [7, 11) is 0. The van der Waals surface area contributed by atoms with Crippen LogP contribution in [0.25, 0.3) is 11.4 Å². The average Bonchev–Trinajstić information content (AvgIpc) is 2.85. The quantitative estimate of drug-likeness (QED) is 0.785. The molecule has 0 spiro atoms. The van der Waals surface area contributed by atoms with E-state index in [0.29, 0.717) is 6.54 Å². The lowest BCUT2D eigenvalue weighted by atomic mass is 10.1. The molecule has 2 rings (SSSR count). The van der Waals surface area contributed by atoms with Gasteiger partial charge in [0, 0.05) is 18.1 Å². The molecule has 0 aromatic carbocycles. The van der Waals surface area contributed by atoms with Crippen molar-refractivity contribution in [1.82, 2.24) is 15.4 Å². The first kappa shape index (κ1) is 9.92. The van der Waals surface area contributed by atoms with Gasteiger partial charge >= 0.3 is 0 Å². The number of H-pyrrole nitrogens is 1. The van der Waals surface area contributed by atoms with Gasteiger partial charge in [-0.2, -0.15) is 5.10 Å². The summed E-state index contributed by atoms with van der Waals surface area (Å²) in [5.74, 6) is 0.873. The topological polar surface area (TPSA) is 80.7 Å². The second-order valence-electron chi connectivity index (χ2n) is 3.34. The Morgan fingerprint density at radius 1 is 1.53 bits per heavy atom. The molecule has 0 fully saturated rings. The molecular formula is C10H14N4O. The van der Waals surface area contributed by atoms with Gasteiger partial charge in [-0.25, -0.2) is 0 Å². The van der Waals surface area contributed by atoms with Crippen molar-refractivity contribution in [2.75, 3.05) is 6.54 Å². The van der Waals surface area contributed by atoms with E-state index < -0.39 is 0 Å². The molecule has 0 aliphatic carbocycles. The second kappa shape index (κ2) is 4.27. The Kier molecular flexibility index (Phi) is 2.82. The van der Waals surface area contributed by atoms with Crippen LogP contribution in [0.15, 0.2) is 16.8 Å². The minimum Gasteiger partial charge on any atom is -0.361 e. The first-order valence-electron chi connectivity index (χ1n) is 5.03. The number of nitrogens with zero attached hydrogens (tertiary/aromatic N) is 2. The summed E-state index contributed by atoms with van der Waals surface area (Å²) in [5.41, 5.74) is 8.30. The van der Waals surface area contributed by atoms with Crippen LogP contribution in [0, 0.1) is 0 Å². The summed E-state index contributed by atoms with van der Waals surface area (Å²) in [6.07, 6.45) is 3.41. The molecule has 0 amide bonds. The standard InChI is InChI=1S/C10H14N4O/c1-2-8-5-9(14-15-8)10-7(3-4-11)6-12-13-10/h5-6H,2-4,11H2,1H3,(H,12,13). The minimum atomic E-state index is 0.602. The smallest absolute Gasteiger partial charge is 0.137 e. The van der Waals surface area contributed by atoms with Crippen molar-refractivity contribution in [3.05, 3.63) is 23.6 Å². The van der Waals surface area contributed by atoms with E-state index >= 15 is 0 Å². The molecule has 2 heterocycles. The van der Waals surface area contributed by atoms with Gasteiger partial charge < -0.3 is 10.3 Å². The van der Waals surface area contributed by atoms with Crippen molar-refractivity contribution in [3.8, 4) is 11.4 Å². The molecule has 0 aliphatic heterocycles. The molecular weight excluding hydrogens is 192 g/mol. The number of rotatable bonds is 4. The fraction of sp³-hybridized carbons (Fsp3) is 0.400. The van der Waals surface area contributed by atoms with Gasteiger partial charge in [-0.3, -0.25) is 5.10 Å². The lowest BCUT2D eigenvalue weighted by molar-refractivity contribution is 0.388. The van der Waals surface area contributed by atoms with Crippen molar-refractivity contribution in [1.29, 1.82) is 0 Å². The van der Waals surface area contributed by atoms with Crippen LogP contribution in [0.2, 0.25) is 0 Å². The number of hydrogen-bond acceptors (Lipinski definition) is 4. The highest BCUT2D eigenvalue weighted by Gasteiger charge is 2.11. The maximum Gasteiger partial charge on any atom is 0.137 e. The molecule has 0 saturated heterocycles. The maximum absolute atomic E-state index is 5.51. The molecule has 0 radical (unpaired) electrons. The Balaban J connectivity index is 2.31. The minimum absolute atomic E-state index is 0.602. The Morgan fingerprint density at radius 2 is 2.40 bits per heavy atom. The molecule has 0 bridgehead atoms. The van der Waals surface area contributed by atoms with Crippen molar-refractivity contribution in [2.24, 2.45) is 5.73 Å². The van der Waals surface area contributed by atoms with Gasteiger partial charge in [0.05, 0.1) is 11.9 Å². The second-order valence-corrected chi connectivity index (χ2v) is 3.34. The molecule has 3 N–H and O–H groups in total. The van der Waals surface area contributed by atoms with E-state index in [-0.39, 0.29) is 0 Å². The Hall–Kier alpha value is -1.62. The van der Waals surface area contributed by atoms with E-state index in [2.05, 4.69) is 15.4 Å². The van der Waals surface area contributed by atoms with E-state index in [0.717, 1.165) is 35.6 Å². The molecule has 5 nitrogen and oxygen atoms in total. The zero-order chi connectivity index (χ0) is 10.7. The SMILES string of the molecule is CCc1cc(-c2[nH]ncc2CCN)no1. The third-order valence-corrected chi connectivity index (χ3v) is 2.30. The van der Waals surface area contributed by atoms with Gasteiger partial charge in [0.25, 0.3) is 0 Å². The van der Waals surface area contributed by atoms with Crippen LogP contribution in [-0.2, 0) is 12.8 Å². The van der Waals surface area contributed by atoms with Crippen molar-refractivity contribution in [3.63, 3.8) is 0 Å². The van der Waals surface area contributed by atoms with Crippen molar-refractivity contribution in [2.45, 2.75) is 19.8 Å². The van der Waals surface area contributed by atoms with Crippen LogP contribution in [-0.4, -0.2) is 21.9 Å². The predicted octanol–water partition coefficient (Wildman–Crippen LogP) is 1.13. The monoisotopic (exact) mass is 206 g/mol. The summed E-state index contributed by atoms with van der Waals surface area (Å²) in [6.45, 7) is 2.63. The largest absolute Gasteiger partial charge is 0.361 e. The summed E-state index contributed by atoms with van der Waals surface area (Å²) >= 11 is 0. The molecule has 2 aromatic rings. The van der Waals surface area contributed by atoms with Crippen molar-refractivity contribution < 1.29 is 4.52 Å². The third kappa shape index (κ3) is 1.92. The average molecular weight is 206 g/mol. The van der Waals surface area contributed by atoms with Crippen LogP contribution in [0.1, 0.15) is 18.2 Å². The molecule has 0 aliphatic rings. The number of aromatic amines is 1. The van der Waals surface area contributed by atoms with E-state index in [1.165, 1.54) is 0 Å². The predicted molar refractivity (Wildman–Crippen MR) is 56.2 cm³/mol. The highest BCUT2D eigenvalue weighted by molar-refractivity contribution is 5.57. The van der Waals surface area contributed by atoms with Gasteiger partial charge in [-0.1, -0.05) is 12.1 Å². The summed E-state index contributed by atoms with van der Waals surface area (Å²) in [4.78, 5) is 0. The highest BCUT2D eigenvalue weighted by atomic mass is 16.5. The van der Waals surface area contributed by atoms with Gasteiger partial charge in [0.1, 0.15) is 11.5 Å². The molecule has 0 unspecified atom stereocenters. The highest BCUT2D eigenvalue weighted by Crippen LogP contribution is 2.21. The van der Waals surface area contributed by atoms with Crippen LogP contribution < -0.4 is 5.73 Å². The normalized spacial score (nSPS) is 10.8. The van der Waals surface area contributed by atoms with Crippen LogP contribution in [0.4, 0.5) is 0 Å². The van der Waals surface area contributed by atoms with Gasteiger partial charge in [0.15, 0.2) is 0 Å². The van der Waals surface area contributed by atoms with E-state index in [1.54, 1.807) is 6.20 Å². The zero-order valence-corrected chi connectivity index (χ0v) is 8.66. The summed E-state index contributed by atoms with van der Waals surface area (Å²) in [5, 5.41) is 10.9.